The number of halogens is 1. The number of Topliss-reactive ketones (excluding diaryl/α,β-unsaturated/α-hetero) is 2. The number of primary amides is 1. The number of likely N-dealkylation sites (N-methyl/N-ethyl adjacent to an activating group) is 2. The fourth-order valence-electron chi connectivity index (χ4n) is 5.75. The number of hydrogen-bond donors (Lipinski definition) is 7. The molecular weight excluding hydrogens is 515 g/mol. The van der Waals surface area contributed by atoms with Gasteiger partial charge >= 0.3 is 0 Å². The summed E-state index contributed by atoms with van der Waals surface area (Å²) in [7, 11) is 4.50. The minimum absolute atomic E-state index is 0.135. The van der Waals surface area contributed by atoms with Crippen LogP contribution in [0.25, 0.3) is 5.76 Å². The number of fused-ring (bicyclic) bond motifs is 3. The fourth-order valence-corrected chi connectivity index (χ4v) is 5.75. The van der Waals surface area contributed by atoms with Crippen molar-refractivity contribution in [3.8, 4) is 5.75 Å². The van der Waals surface area contributed by atoms with Crippen LogP contribution in [0.4, 0.5) is 10.1 Å². The third-order valence-corrected chi connectivity index (χ3v) is 8.11. The van der Waals surface area contributed by atoms with E-state index in [1.807, 2.05) is 0 Å². The van der Waals surface area contributed by atoms with Crippen molar-refractivity contribution in [2.45, 2.75) is 43.9 Å². The van der Waals surface area contributed by atoms with Gasteiger partial charge in [0.2, 0.25) is 11.7 Å². The second-order valence-corrected chi connectivity index (χ2v) is 10.9. The molecule has 0 radical (unpaired) electrons. The number of carbonyl (C=O) groups excluding carboxylic acids is 4. The molecule has 0 bridgehead atoms. The number of ketones is 2. The number of aliphatic hydroxyl groups excluding tert-OH is 2. The number of phenolic OH excluding ortho intramolecular Hbond substituents is 1. The molecule has 3 aliphatic rings. The molecule has 0 spiro atoms. The van der Waals surface area contributed by atoms with Crippen LogP contribution in [0.5, 0.6) is 5.75 Å². The molecule has 0 heterocycles. The highest BCUT2D eigenvalue weighted by Gasteiger charge is 2.64. The highest BCUT2D eigenvalue weighted by molar-refractivity contribution is 6.24. The van der Waals surface area contributed by atoms with E-state index >= 15 is 4.39 Å². The monoisotopic (exact) mass is 546 g/mol. The summed E-state index contributed by atoms with van der Waals surface area (Å²) in [6.45, 7) is 3.10. The van der Waals surface area contributed by atoms with Gasteiger partial charge in [-0.25, -0.2) is 4.39 Å². The lowest BCUT2D eigenvalue weighted by Crippen LogP contribution is -2.65. The summed E-state index contributed by atoms with van der Waals surface area (Å²) in [6.07, 6.45) is -0.370. The van der Waals surface area contributed by atoms with Gasteiger partial charge in [-0.2, -0.15) is 0 Å². The first-order valence-corrected chi connectivity index (χ1v) is 12.2. The Morgan fingerprint density at radius 3 is 2.36 bits per heavy atom. The van der Waals surface area contributed by atoms with E-state index in [2.05, 4.69) is 10.6 Å². The van der Waals surface area contributed by atoms with E-state index in [0.29, 0.717) is 0 Å². The number of nitrogens with zero attached hydrogens (tertiary/aromatic N) is 1. The number of carbonyl (C=O) groups is 4. The van der Waals surface area contributed by atoms with E-state index in [-0.39, 0.29) is 24.1 Å². The van der Waals surface area contributed by atoms with E-state index in [4.69, 9.17) is 5.73 Å². The number of aromatic hydroxyl groups is 1. The minimum atomic E-state index is -2.80. The molecule has 1 aromatic carbocycles. The van der Waals surface area contributed by atoms with Crippen molar-refractivity contribution >= 4 is 34.8 Å². The molecule has 1 saturated carbocycles. The van der Waals surface area contributed by atoms with Gasteiger partial charge in [0.05, 0.1) is 22.8 Å². The van der Waals surface area contributed by atoms with Crippen molar-refractivity contribution in [1.29, 1.82) is 0 Å². The molecule has 12 nitrogen and oxygen atoms in total. The van der Waals surface area contributed by atoms with Crippen LogP contribution in [0.2, 0.25) is 0 Å². The molecule has 4 atom stereocenters. The smallest absolute Gasteiger partial charge is 0.255 e. The van der Waals surface area contributed by atoms with Crippen molar-refractivity contribution in [1.82, 2.24) is 10.2 Å². The van der Waals surface area contributed by atoms with Crippen LogP contribution in [0.15, 0.2) is 23.0 Å². The lowest BCUT2D eigenvalue weighted by molar-refractivity contribution is -0.153. The molecule has 210 valence electrons. The third-order valence-electron chi connectivity index (χ3n) is 8.11. The average molecular weight is 547 g/mol. The number of rotatable bonds is 5. The van der Waals surface area contributed by atoms with Gasteiger partial charge in [-0.05, 0) is 53.8 Å². The maximum absolute atomic E-state index is 15.3. The summed E-state index contributed by atoms with van der Waals surface area (Å²) in [5, 5.41) is 49.8. The van der Waals surface area contributed by atoms with E-state index in [0.717, 1.165) is 6.07 Å². The van der Waals surface area contributed by atoms with Gasteiger partial charge in [-0.3, -0.25) is 24.1 Å². The van der Waals surface area contributed by atoms with Crippen molar-refractivity contribution in [2.75, 3.05) is 26.5 Å². The van der Waals surface area contributed by atoms with E-state index in [1.165, 1.54) is 26.0 Å². The first kappa shape index (κ1) is 28.2. The predicted molar refractivity (Wildman–Crippen MR) is 136 cm³/mol. The van der Waals surface area contributed by atoms with Crippen molar-refractivity contribution in [3.63, 3.8) is 0 Å². The van der Waals surface area contributed by atoms with Crippen LogP contribution in [0, 0.1) is 17.7 Å². The number of nitrogens with two attached hydrogens (primary N) is 1. The summed E-state index contributed by atoms with van der Waals surface area (Å²) in [5.74, 6) is -9.90. The zero-order valence-corrected chi connectivity index (χ0v) is 22.0. The van der Waals surface area contributed by atoms with Gasteiger partial charge in [-0.15, -0.1) is 0 Å². The molecule has 1 aromatic rings. The van der Waals surface area contributed by atoms with Crippen molar-refractivity contribution < 1.29 is 44.0 Å². The molecule has 0 aromatic heterocycles. The third kappa shape index (κ3) is 3.91. The Morgan fingerprint density at radius 2 is 1.82 bits per heavy atom. The maximum Gasteiger partial charge on any atom is 0.255 e. The lowest BCUT2D eigenvalue weighted by atomic mass is 9.57. The Morgan fingerprint density at radius 1 is 1.21 bits per heavy atom. The Labute approximate surface area is 223 Å². The first-order chi connectivity index (χ1) is 18.0. The van der Waals surface area contributed by atoms with Gasteiger partial charge in [0.15, 0.2) is 17.1 Å². The predicted octanol–water partition coefficient (Wildman–Crippen LogP) is 0.0396. The van der Waals surface area contributed by atoms with Gasteiger partial charge < -0.3 is 36.8 Å². The summed E-state index contributed by atoms with van der Waals surface area (Å²) < 4.78 is 15.3. The second kappa shape index (κ2) is 9.14. The Kier molecular flexibility index (Phi) is 6.61. The summed E-state index contributed by atoms with van der Waals surface area (Å²) in [5.41, 5.74) is -0.911. The molecule has 0 aliphatic heterocycles. The zero-order chi connectivity index (χ0) is 29.4. The van der Waals surface area contributed by atoms with Gasteiger partial charge in [0.25, 0.3) is 5.91 Å². The van der Waals surface area contributed by atoms with Gasteiger partial charge in [0.1, 0.15) is 22.9 Å². The average Bonchev–Trinajstić information content (AvgIpc) is 2.83. The molecule has 3 aliphatic carbocycles. The summed E-state index contributed by atoms with van der Waals surface area (Å²) in [6, 6.07) is -0.342. The molecule has 1 fully saturated rings. The highest BCUT2D eigenvalue weighted by atomic mass is 19.1. The van der Waals surface area contributed by atoms with Crippen molar-refractivity contribution in [3.05, 3.63) is 39.9 Å². The van der Waals surface area contributed by atoms with E-state index in [9.17, 15) is 39.6 Å². The zero-order valence-electron chi connectivity index (χ0n) is 22.0. The van der Waals surface area contributed by atoms with Crippen LogP contribution in [-0.2, 0) is 25.6 Å². The minimum Gasteiger partial charge on any atom is -0.508 e. The molecule has 39 heavy (non-hydrogen) atoms. The number of amides is 2. The molecule has 0 saturated heterocycles. The van der Waals surface area contributed by atoms with E-state index < -0.39 is 92.2 Å². The number of phenols is 1. The quantitative estimate of drug-likeness (QED) is 0.195. The van der Waals surface area contributed by atoms with E-state index in [1.54, 1.807) is 13.8 Å². The van der Waals surface area contributed by atoms with Crippen LogP contribution in [0.3, 0.4) is 0 Å². The fraction of sp³-hybridized carbons (Fsp3) is 0.462. The summed E-state index contributed by atoms with van der Waals surface area (Å²) in [4.78, 5) is 52.9. The Balaban J connectivity index is 1.91. The van der Waals surface area contributed by atoms with Crippen LogP contribution in [0.1, 0.15) is 31.4 Å². The number of aliphatic hydroxyl groups is 3. The number of hydrogen-bond acceptors (Lipinski definition) is 10. The van der Waals surface area contributed by atoms with Crippen LogP contribution < -0.4 is 16.4 Å². The van der Waals surface area contributed by atoms with Crippen molar-refractivity contribution in [2.24, 2.45) is 17.6 Å². The maximum atomic E-state index is 15.3. The Hall–Kier alpha value is -3.81. The molecule has 13 heteroatoms. The van der Waals surface area contributed by atoms with Gasteiger partial charge in [0, 0.05) is 23.1 Å². The largest absolute Gasteiger partial charge is 0.508 e. The number of benzene rings is 1. The number of anilines is 1. The lowest BCUT2D eigenvalue weighted by Gasteiger charge is -2.50. The second-order valence-electron chi connectivity index (χ2n) is 10.9. The molecule has 0 unspecified atom stereocenters. The molecule has 4 rings (SSSR count). The normalized spacial score (nSPS) is 26.8. The van der Waals surface area contributed by atoms with Crippen LogP contribution >= 0.6 is 0 Å². The summed E-state index contributed by atoms with van der Waals surface area (Å²) >= 11 is 0. The Bertz CT molecular complexity index is 1400. The highest BCUT2D eigenvalue weighted by Crippen LogP contribution is 2.53. The van der Waals surface area contributed by atoms with Crippen LogP contribution in [-0.4, -0.2) is 87.0 Å². The SMILES string of the molecule is CNC(C)(C)C(=O)Nc1cc(F)c2c(c1O)C(O)=C1C(=O)[C@]3(O)C(O)=C(C(N)=O)C(=O)[C@@H](N(C)C)[C@@H]3C[C@@H]1C2. The standard InChI is InChI=1S/C26H31FN4O8/c1-25(2,29-3)24(38)30-13-8-12(27)10-6-9-7-11-17(31(4)5)20(34)16(23(28)37)22(36)26(11,39)21(35)14(9)19(33)15(10)18(13)32/h8-9,11,17,29,32-33,36,39H,6-7H2,1-5H3,(H2,28,37)(H,30,38)/t9-,11-,17-,26-/m0/s1. The first-order valence-electron chi connectivity index (χ1n) is 12.2. The van der Waals surface area contributed by atoms with Gasteiger partial charge in [-0.1, -0.05) is 0 Å². The molecule has 2 amide bonds. The topological polar surface area (TPSA) is 203 Å². The molecule has 8 N–H and O–H groups in total. The molecular formula is C26H31FN4O8. The number of nitrogens with one attached hydrogen (secondary N) is 2.